The van der Waals surface area contributed by atoms with E-state index in [0.29, 0.717) is 6.04 Å². The molecular formula is C13H26N2O. The van der Waals surface area contributed by atoms with E-state index in [-0.39, 0.29) is 6.10 Å². The summed E-state index contributed by atoms with van der Waals surface area (Å²) in [6.07, 6.45) is 7.23. The van der Waals surface area contributed by atoms with E-state index in [1.165, 1.54) is 38.8 Å². The summed E-state index contributed by atoms with van der Waals surface area (Å²) in [4.78, 5) is 2.63. The van der Waals surface area contributed by atoms with Crippen LogP contribution in [0, 0.1) is 0 Å². The van der Waals surface area contributed by atoms with Gasteiger partial charge in [-0.15, -0.1) is 0 Å². The van der Waals surface area contributed by atoms with Gasteiger partial charge >= 0.3 is 0 Å². The molecule has 2 aliphatic rings. The Labute approximate surface area is 99.2 Å². The number of fused-ring (bicyclic) bond motifs is 1. The van der Waals surface area contributed by atoms with Crippen molar-refractivity contribution in [1.29, 1.82) is 0 Å². The summed E-state index contributed by atoms with van der Waals surface area (Å²) in [6, 6.07) is 1.38. The molecule has 2 aliphatic heterocycles. The smallest absolute Gasteiger partial charge is 0.0664 e. The van der Waals surface area contributed by atoms with Gasteiger partial charge in [0.25, 0.3) is 0 Å². The van der Waals surface area contributed by atoms with Crippen LogP contribution in [-0.2, 0) is 0 Å². The highest BCUT2D eigenvalue weighted by atomic mass is 16.3. The highest BCUT2D eigenvalue weighted by Gasteiger charge is 2.35. The molecule has 0 aromatic rings. The van der Waals surface area contributed by atoms with Gasteiger partial charge in [0.05, 0.1) is 6.10 Å². The summed E-state index contributed by atoms with van der Waals surface area (Å²) >= 11 is 0. The maximum absolute atomic E-state index is 9.73. The molecule has 0 amide bonds. The molecule has 94 valence electrons. The van der Waals surface area contributed by atoms with E-state index >= 15 is 0 Å². The van der Waals surface area contributed by atoms with Gasteiger partial charge in [0, 0.05) is 25.2 Å². The van der Waals surface area contributed by atoms with Crippen LogP contribution in [0.15, 0.2) is 0 Å². The van der Waals surface area contributed by atoms with Gasteiger partial charge in [-0.1, -0.05) is 19.8 Å². The lowest BCUT2D eigenvalue weighted by Gasteiger charge is -2.33. The van der Waals surface area contributed by atoms with Crippen LogP contribution in [0.2, 0.25) is 0 Å². The number of aliphatic hydroxyl groups excluding tert-OH is 1. The number of hydrogen-bond donors (Lipinski definition) is 2. The number of aliphatic hydroxyl groups is 1. The molecule has 3 nitrogen and oxygen atoms in total. The lowest BCUT2D eigenvalue weighted by molar-refractivity contribution is 0.142. The SMILES string of the molecule is CCCC(O)CNC1CCN2CCCCC12. The van der Waals surface area contributed by atoms with Gasteiger partial charge < -0.3 is 10.4 Å². The average Bonchev–Trinajstić information content (AvgIpc) is 2.70. The second kappa shape index (κ2) is 5.99. The molecule has 2 heterocycles. The molecule has 16 heavy (non-hydrogen) atoms. The molecular weight excluding hydrogens is 200 g/mol. The fourth-order valence-electron chi connectivity index (χ4n) is 3.21. The molecule has 0 spiro atoms. The highest BCUT2D eigenvalue weighted by molar-refractivity contribution is 4.94. The number of nitrogens with one attached hydrogen (secondary N) is 1. The molecule has 3 unspecified atom stereocenters. The first-order valence-corrected chi connectivity index (χ1v) is 6.96. The average molecular weight is 226 g/mol. The van der Waals surface area contributed by atoms with Crippen LogP contribution in [0.4, 0.5) is 0 Å². The third-order valence-corrected chi connectivity index (χ3v) is 4.09. The summed E-state index contributed by atoms with van der Waals surface area (Å²) in [6.45, 7) is 5.46. The monoisotopic (exact) mass is 226 g/mol. The van der Waals surface area contributed by atoms with E-state index in [0.717, 1.165) is 25.4 Å². The first-order chi connectivity index (χ1) is 7.81. The standard InChI is InChI=1S/C13H26N2O/c1-2-5-11(16)10-14-12-7-9-15-8-4-3-6-13(12)15/h11-14,16H,2-10H2,1H3. The zero-order chi connectivity index (χ0) is 11.4. The van der Waals surface area contributed by atoms with Crippen LogP contribution < -0.4 is 5.32 Å². The molecule has 3 atom stereocenters. The van der Waals surface area contributed by atoms with Gasteiger partial charge in [0.1, 0.15) is 0 Å². The molecule has 2 N–H and O–H groups in total. The number of rotatable bonds is 5. The maximum Gasteiger partial charge on any atom is 0.0664 e. The van der Waals surface area contributed by atoms with Crippen LogP contribution in [0.25, 0.3) is 0 Å². The zero-order valence-corrected chi connectivity index (χ0v) is 10.5. The zero-order valence-electron chi connectivity index (χ0n) is 10.5. The largest absolute Gasteiger partial charge is 0.392 e. The van der Waals surface area contributed by atoms with Gasteiger partial charge in [-0.3, -0.25) is 4.90 Å². The fraction of sp³-hybridized carbons (Fsp3) is 1.00. The van der Waals surface area contributed by atoms with E-state index in [4.69, 9.17) is 0 Å². The molecule has 0 aromatic carbocycles. The van der Waals surface area contributed by atoms with Gasteiger partial charge in [0.2, 0.25) is 0 Å². The van der Waals surface area contributed by atoms with Gasteiger partial charge in [-0.25, -0.2) is 0 Å². The van der Waals surface area contributed by atoms with Crippen molar-refractivity contribution in [2.24, 2.45) is 0 Å². The van der Waals surface area contributed by atoms with Gasteiger partial charge in [-0.2, -0.15) is 0 Å². The van der Waals surface area contributed by atoms with E-state index < -0.39 is 0 Å². The first kappa shape index (κ1) is 12.3. The fourth-order valence-corrected chi connectivity index (χ4v) is 3.21. The normalized spacial score (nSPS) is 32.6. The first-order valence-electron chi connectivity index (χ1n) is 6.96. The van der Waals surface area contributed by atoms with Crippen molar-refractivity contribution in [3.63, 3.8) is 0 Å². The molecule has 0 aliphatic carbocycles. The molecule has 0 aromatic heterocycles. The minimum absolute atomic E-state index is 0.150. The van der Waals surface area contributed by atoms with Crippen molar-refractivity contribution in [1.82, 2.24) is 10.2 Å². The summed E-state index contributed by atoms with van der Waals surface area (Å²) in [5.74, 6) is 0. The Hall–Kier alpha value is -0.120. The quantitative estimate of drug-likeness (QED) is 0.743. The van der Waals surface area contributed by atoms with Crippen molar-refractivity contribution in [2.45, 2.75) is 63.6 Å². The van der Waals surface area contributed by atoms with E-state index in [1.54, 1.807) is 0 Å². The lowest BCUT2D eigenvalue weighted by atomic mass is 9.99. The second-order valence-electron chi connectivity index (χ2n) is 5.35. The van der Waals surface area contributed by atoms with Crippen LogP contribution >= 0.6 is 0 Å². The molecule has 0 saturated carbocycles. The maximum atomic E-state index is 9.73. The molecule has 2 saturated heterocycles. The van der Waals surface area contributed by atoms with E-state index in [9.17, 15) is 5.11 Å². The van der Waals surface area contributed by atoms with Crippen molar-refractivity contribution in [2.75, 3.05) is 19.6 Å². The Morgan fingerprint density at radius 2 is 2.19 bits per heavy atom. The second-order valence-corrected chi connectivity index (χ2v) is 5.35. The summed E-state index contributed by atoms with van der Waals surface area (Å²) in [5.41, 5.74) is 0. The highest BCUT2D eigenvalue weighted by Crippen LogP contribution is 2.27. The molecule has 0 bridgehead atoms. The van der Waals surface area contributed by atoms with Crippen LogP contribution in [-0.4, -0.2) is 47.8 Å². The van der Waals surface area contributed by atoms with Crippen LogP contribution in [0.3, 0.4) is 0 Å². The summed E-state index contributed by atoms with van der Waals surface area (Å²) in [5, 5.41) is 13.3. The van der Waals surface area contributed by atoms with Crippen molar-refractivity contribution >= 4 is 0 Å². The third-order valence-electron chi connectivity index (χ3n) is 4.09. The van der Waals surface area contributed by atoms with Crippen molar-refractivity contribution in [3.8, 4) is 0 Å². The van der Waals surface area contributed by atoms with E-state index in [2.05, 4.69) is 17.1 Å². The summed E-state index contributed by atoms with van der Waals surface area (Å²) in [7, 11) is 0. The Balaban J connectivity index is 1.73. The molecule has 2 rings (SSSR count). The van der Waals surface area contributed by atoms with Crippen molar-refractivity contribution < 1.29 is 5.11 Å². The molecule has 0 radical (unpaired) electrons. The third kappa shape index (κ3) is 2.96. The van der Waals surface area contributed by atoms with E-state index in [1.807, 2.05) is 0 Å². The predicted molar refractivity (Wildman–Crippen MR) is 66.5 cm³/mol. The lowest BCUT2D eigenvalue weighted by Crippen LogP contribution is -2.46. The molecule has 2 fully saturated rings. The molecule has 3 heteroatoms. The number of nitrogens with zero attached hydrogens (tertiary/aromatic N) is 1. The predicted octanol–water partition coefficient (Wildman–Crippen LogP) is 1.36. The Bertz CT molecular complexity index is 210. The van der Waals surface area contributed by atoms with Crippen molar-refractivity contribution in [3.05, 3.63) is 0 Å². The number of hydrogen-bond acceptors (Lipinski definition) is 3. The topological polar surface area (TPSA) is 35.5 Å². The van der Waals surface area contributed by atoms with Crippen LogP contribution in [0.5, 0.6) is 0 Å². The van der Waals surface area contributed by atoms with Crippen LogP contribution in [0.1, 0.15) is 45.4 Å². The number of piperidine rings is 1. The minimum atomic E-state index is -0.150. The Morgan fingerprint density at radius 3 is 3.00 bits per heavy atom. The van der Waals surface area contributed by atoms with Gasteiger partial charge in [0.15, 0.2) is 0 Å². The Kier molecular flexibility index (Phi) is 4.62. The summed E-state index contributed by atoms with van der Waals surface area (Å²) < 4.78 is 0. The Morgan fingerprint density at radius 1 is 1.31 bits per heavy atom. The minimum Gasteiger partial charge on any atom is -0.392 e. The van der Waals surface area contributed by atoms with Gasteiger partial charge in [-0.05, 0) is 32.2 Å².